The van der Waals surface area contributed by atoms with E-state index >= 15 is 0 Å². The van der Waals surface area contributed by atoms with Gasteiger partial charge in [-0.15, -0.1) is 5.10 Å². The smallest absolute Gasteiger partial charge is 0.182 e. The maximum atomic E-state index is 4.15. The highest BCUT2D eigenvalue weighted by atomic mass is 15.1. The van der Waals surface area contributed by atoms with Crippen LogP contribution >= 0.6 is 0 Å². The van der Waals surface area contributed by atoms with Crippen molar-refractivity contribution in [2.75, 3.05) is 0 Å². The summed E-state index contributed by atoms with van der Waals surface area (Å²) in [6.45, 7) is 4.32. The molecule has 2 aromatic rings. The maximum Gasteiger partial charge on any atom is 0.182 e. The molecule has 0 aliphatic heterocycles. The number of aromatic nitrogens is 3. The van der Waals surface area contributed by atoms with E-state index in [1.807, 2.05) is 12.1 Å². The van der Waals surface area contributed by atoms with Crippen LogP contribution in [0.4, 0.5) is 0 Å². The highest BCUT2D eigenvalue weighted by molar-refractivity contribution is 5.78. The van der Waals surface area contributed by atoms with Crippen LogP contribution in [0, 0.1) is 0 Å². The monoisotopic (exact) mass is 173 g/mol. The standard InChI is InChI=1S/C10H11N3/c1-7(2)8-3-5-11-10-9(8)4-6-12-13-10/h3-7H,1-2H3. The molecule has 0 amide bonds. The van der Waals surface area contributed by atoms with Crippen LogP contribution in [-0.4, -0.2) is 15.2 Å². The average molecular weight is 173 g/mol. The average Bonchev–Trinajstić information content (AvgIpc) is 2.17. The van der Waals surface area contributed by atoms with E-state index in [1.165, 1.54) is 5.56 Å². The molecule has 0 fully saturated rings. The number of rotatable bonds is 1. The Kier molecular flexibility index (Phi) is 1.93. The van der Waals surface area contributed by atoms with E-state index < -0.39 is 0 Å². The molecule has 0 N–H and O–H groups in total. The van der Waals surface area contributed by atoms with Crippen LogP contribution in [0.25, 0.3) is 11.0 Å². The van der Waals surface area contributed by atoms with E-state index in [4.69, 9.17) is 0 Å². The van der Waals surface area contributed by atoms with Crippen LogP contribution in [0.2, 0.25) is 0 Å². The second kappa shape index (κ2) is 3.09. The quantitative estimate of drug-likeness (QED) is 0.663. The van der Waals surface area contributed by atoms with Gasteiger partial charge in [0.15, 0.2) is 5.65 Å². The third-order valence-electron chi connectivity index (χ3n) is 2.09. The summed E-state index contributed by atoms with van der Waals surface area (Å²) in [5.41, 5.74) is 2.01. The fourth-order valence-electron chi connectivity index (χ4n) is 1.43. The first-order valence-corrected chi connectivity index (χ1v) is 4.35. The first-order valence-electron chi connectivity index (χ1n) is 4.35. The van der Waals surface area contributed by atoms with E-state index in [0.717, 1.165) is 11.0 Å². The molecule has 3 heteroatoms. The van der Waals surface area contributed by atoms with Crippen molar-refractivity contribution in [1.82, 2.24) is 15.2 Å². The van der Waals surface area contributed by atoms with Crippen molar-refractivity contribution in [3.8, 4) is 0 Å². The third kappa shape index (κ3) is 1.37. The minimum Gasteiger partial charge on any atom is -0.235 e. The van der Waals surface area contributed by atoms with Crippen molar-refractivity contribution in [1.29, 1.82) is 0 Å². The van der Waals surface area contributed by atoms with Gasteiger partial charge in [-0.3, -0.25) is 0 Å². The van der Waals surface area contributed by atoms with Crippen molar-refractivity contribution >= 4 is 11.0 Å². The lowest BCUT2D eigenvalue weighted by Gasteiger charge is -2.06. The van der Waals surface area contributed by atoms with Crippen LogP contribution in [-0.2, 0) is 0 Å². The topological polar surface area (TPSA) is 38.7 Å². The molecule has 2 aromatic heterocycles. The number of fused-ring (bicyclic) bond motifs is 1. The third-order valence-corrected chi connectivity index (χ3v) is 2.09. The Morgan fingerprint density at radius 1 is 1.15 bits per heavy atom. The lowest BCUT2D eigenvalue weighted by Crippen LogP contribution is -1.93. The lowest BCUT2D eigenvalue weighted by molar-refractivity contribution is 0.871. The lowest BCUT2D eigenvalue weighted by atomic mass is 10.0. The van der Waals surface area contributed by atoms with Gasteiger partial charge in [0.05, 0.1) is 6.20 Å². The first-order chi connectivity index (χ1) is 6.29. The Labute approximate surface area is 76.8 Å². The summed E-state index contributed by atoms with van der Waals surface area (Å²) >= 11 is 0. The van der Waals surface area contributed by atoms with Gasteiger partial charge in [-0.1, -0.05) is 13.8 Å². The highest BCUT2D eigenvalue weighted by Gasteiger charge is 2.05. The zero-order valence-electron chi connectivity index (χ0n) is 7.73. The normalized spacial score (nSPS) is 11.0. The van der Waals surface area contributed by atoms with Crippen molar-refractivity contribution in [3.05, 3.63) is 30.1 Å². The van der Waals surface area contributed by atoms with Gasteiger partial charge < -0.3 is 0 Å². The Bertz CT molecular complexity index is 418. The summed E-state index contributed by atoms with van der Waals surface area (Å²) in [4.78, 5) is 4.15. The Hall–Kier alpha value is -1.51. The second-order valence-corrected chi connectivity index (χ2v) is 3.32. The molecule has 66 valence electrons. The molecule has 0 aliphatic rings. The van der Waals surface area contributed by atoms with E-state index in [9.17, 15) is 0 Å². The molecule has 0 radical (unpaired) electrons. The Morgan fingerprint density at radius 3 is 2.77 bits per heavy atom. The van der Waals surface area contributed by atoms with Crippen LogP contribution in [0.15, 0.2) is 24.5 Å². The van der Waals surface area contributed by atoms with Gasteiger partial charge in [0.1, 0.15) is 0 Å². The molecule has 0 unspecified atom stereocenters. The van der Waals surface area contributed by atoms with Crippen LogP contribution in [0.3, 0.4) is 0 Å². The number of hydrogen-bond acceptors (Lipinski definition) is 3. The zero-order chi connectivity index (χ0) is 9.26. The summed E-state index contributed by atoms with van der Waals surface area (Å²) in [5, 5.41) is 8.87. The zero-order valence-corrected chi connectivity index (χ0v) is 7.73. The second-order valence-electron chi connectivity index (χ2n) is 3.32. The van der Waals surface area contributed by atoms with Crippen LogP contribution in [0.5, 0.6) is 0 Å². The number of pyridine rings is 1. The molecule has 13 heavy (non-hydrogen) atoms. The summed E-state index contributed by atoms with van der Waals surface area (Å²) in [6.07, 6.45) is 3.49. The number of nitrogens with zero attached hydrogens (tertiary/aromatic N) is 3. The van der Waals surface area contributed by atoms with Gasteiger partial charge >= 0.3 is 0 Å². The van der Waals surface area contributed by atoms with Gasteiger partial charge in [0, 0.05) is 11.6 Å². The molecule has 0 aromatic carbocycles. The fraction of sp³-hybridized carbons (Fsp3) is 0.300. The van der Waals surface area contributed by atoms with Crippen LogP contribution in [0.1, 0.15) is 25.3 Å². The summed E-state index contributed by atoms with van der Waals surface area (Å²) in [7, 11) is 0. The molecule has 0 saturated carbocycles. The molecule has 2 rings (SSSR count). The summed E-state index contributed by atoms with van der Waals surface area (Å²) < 4.78 is 0. The molecule has 0 aliphatic carbocycles. The molecule has 0 bridgehead atoms. The van der Waals surface area contributed by atoms with Gasteiger partial charge in [-0.2, -0.15) is 5.10 Å². The minimum atomic E-state index is 0.495. The fourth-order valence-corrected chi connectivity index (χ4v) is 1.43. The van der Waals surface area contributed by atoms with E-state index in [2.05, 4.69) is 29.0 Å². The molecule has 0 spiro atoms. The summed E-state index contributed by atoms with van der Waals surface area (Å²) in [5.74, 6) is 0.495. The van der Waals surface area contributed by atoms with Gasteiger partial charge in [-0.25, -0.2) is 4.98 Å². The molecular weight excluding hydrogens is 162 g/mol. The van der Waals surface area contributed by atoms with Gasteiger partial charge in [-0.05, 0) is 23.6 Å². The van der Waals surface area contributed by atoms with Gasteiger partial charge in [0.2, 0.25) is 0 Å². The molecule has 0 saturated heterocycles. The minimum absolute atomic E-state index is 0.495. The van der Waals surface area contributed by atoms with E-state index in [0.29, 0.717) is 5.92 Å². The molecule has 2 heterocycles. The van der Waals surface area contributed by atoms with E-state index in [1.54, 1.807) is 12.4 Å². The number of hydrogen-bond donors (Lipinski definition) is 0. The largest absolute Gasteiger partial charge is 0.235 e. The Balaban J connectivity index is 2.76. The molecule has 0 atom stereocenters. The van der Waals surface area contributed by atoms with Crippen molar-refractivity contribution in [3.63, 3.8) is 0 Å². The van der Waals surface area contributed by atoms with E-state index in [-0.39, 0.29) is 0 Å². The van der Waals surface area contributed by atoms with Crippen molar-refractivity contribution < 1.29 is 0 Å². The molecular formula is C10H11N3. The first kappa shape index (κ1) is 8.10. The van der Waals surface area contributed by atoms with Crippen molar-refractivity contribution in [2.45, 2.75) is 19.8 Å². The van der Waals surface area contributed by atoms with Crippen molar-refractivity contribution in [2.24, 2.45) is 0 Å². The van der Waals surface area contributed by atoms with Crippen LogP contribution < -0.4 is 0 Å². The SMILES string of the molecule is CC(C)c1ccnc2nnccc12. The maximum absolute atomic E-state index is 4.15. The summed E-state index contributed by atoms with van der Waals surface area (Å²) in [6, 6.07) is 4.00. The predicted octanol–water partition coefficient (Wildman–Crippen LogP) is 2.15. The predicted molar refractivity (Wildman–Crippen MR) is 51.4 cm³/mol. The molecule has 3 nitrogen and oxygen atoms in total. The Morgan fingerprint density at radius 2 is 2.00 bits per heavy atom. The highest BCUT2D eigenvalue weighted by Crippen LogP contribution is 2.21. The van der Waals surface area contributed by atoms with Gasteiger partial charge in [0.25, 0.3) is 0 Å².